The van der Waals surface area contributed by atoms with Crippen LogP contribution in [0.3, 0.4) is 0 Å². The van der Waals surface area contributed by atoms with E-state index in [0.29, 0.717) is 38.7 Å². The molecule has 0 saturated carbocycles. The highest BCUT2D eigenvalue weighted by Gasteiger charge is 2.42. The third-order valence-corrected chi connectivity index (χ3v) is 7.05. The first-order valence-electron chi connectivity index (χ1n) is 10.6. The molecule has 33 heavy (non-hydrogen) atoms. The number of amides is 1. The molecule has 1 unspecified atom stereocenters. The first-order chi connectivity index (χ1) is 15.7. The summed E-state index contributed by atoms with van der Waals surface area (Å²) in [6.45, 7) is 6.23. The topological polar surface area (TPSA) is 50.5 Å². The molecule has 0 fully saturated rings. The summed E-state index contributed by atoms with van der Waals surface area (Å²) in [5, 5.41) is 1.24. The maximum absolute atomic E-state index is 13.7. The van der Waals surface area contributed by atoms with Crippen molar-refractivity contribution in [2.45, 2.75) is 33.4 Å². The summed E-state index contributed by atoms with van der Waals surface area (Å²) in [5.41, 5.74) is 5.32. The van der Waals surface area contributed by atoms with E-state index in [9.17, 15) is 9.59 Å². The Bertz CT molecular complexity index is 1490. The van der Waals surface area contributed by atoms with Crippen molar-refractivity contribution in [2.75, 3.05) is 0 Å². The zero-order valence-electron chi connectivity index (χ0n) is 18.4. The molecule has 0 N–H and O–H groups in total. The van der Waals surface area contributed by atoms with Crippen LogP contribution in [0.15, 0.2) is 63.8 Å². The first kappa shape index (κ1) is 21.7. The van der Waals surface area contributed by atoms with E-state index in [1.165, 1.54) is 0 Å². The normalized spacial score (nSPS) is 15.4. The summed E-state index contributed by atoms with van der Waals surface area (Å²) < 4.78 is 6.08. The maximum atomic E-state index is 13.7. The lowest BCUT2D eigenvalue weighted by Gasteiger charge is -2.25. The van der Waals surface area contributed by atoms with Crippen LogP contribution in [0.2, 0.25) is 10.0 Å². The molecule has 1 atom stereocenters. The molecular formula is C27H21Cl2NO3. The molecule has 1 amide bonds. The fraction of sp³-hybridized carbons (Fsp3) is 0.185. The minimum absolute atomic E-state index is 0.0823. The van der Waals surface area contributed by atoms with Crippen LogP contribution in [-0.4, -0.2) is 10.8 Å². The van der Waals surface area contributed by atoms with Crippen molar-refractivity contribution in [2.24, 2.45) is 0 Å². The largest absolute Gasteiger partial charge is 0.450 e. The molecule has 0 bridgehead atoms. The fourth-order valence-corrected chi connectivity index (χ4v) is 4.66. The molecule has 4 aromatic rings. The van der Waals surface area contributed by atoms with E-state index < -0.39 is 6.04 Å². The van der Waals surface area contributed by atoms with Gasteiger partial charge in [-0.1, -0.05) is 59.1 Å². The second-order valence-electron chi connectivity index (χ2n) is 8.60. The smallest absolute Gasteiger partial charge is 0.291 e. The summed E-state index contributed by atoms with van der Waals surface area (Å²) in [7, 11) is 0. The van der Waals surface area contributed by atoms with Gasteiger partial charge in [0.1, 0.15) is 5.58 Å². The van der Waals surface area contributed by atoms with Crippen LogP contribution in [0.4, 0.5) is 0 Å². The van der Waals surface area contributed by atoms with Crippen molar-refractivity contribution in [1.82, 2.24) is 4.90 Å². The van der Waals surface area contributed by atoms with Crippen molar-refractivity contribution < 1.29 is 9.21 Å². The van der Waals surface area contributed by atoms with Gasteiger partial charge in [-0.05, 0) is 67.3 Å². The van der Waals surface area contributed by atoms with Crippen LogP contribution < -0.4 is 5.43 Å². The average molecular weight is 478 g/mol. The van der Waals surface area contributed by atoms with Gasteiger partial charge in [0, 0.05) is 6.54 Å². The minimum Gasteiger partial charge on any atom is -0.450 e. The van der Waals surface area contributed by atoms with Crippen LogP contribution in [0.1, 0.15) is 50.0 Å². The van der Waals surface area contributed by atoms with Gasteiger partial charge in [-0.3, -0.25) is 9.59 Å². The van der Waals surface area contributed by atoms with E-state index in [1.807, 2.05) is 57.2 Å². The van der Waals surface area contributed by atoms with Crippen molar-refractivity contribution >= 4 is 40.1 Å². The number of fused-ring (bicyclic) bond motifs is 2. The lowest BCUT2D eigenvalue weighted by Crippen LogP contribution is -2.29. The van der Waals surface area contributed by atoms with E-state index in [4.69, 9.17) is 27.6 Å². The predicted molar refractivity (Wildman–Crippen MR) is 131 cm³/mol. The van der Waals surface area contributed by atoms with Crippen LogP contribution in [0.5, 0.6) is 0 Å². The minimum atomic E-state index is -0.633. The Balaban J connectivity index is 1.74. The molecule has 0 aliphatic carbocycles. The molecule has 0 saturated heterocycles. The summed E-state index contributed by atoms with van der Waals surface area (Å²) in [6, 6.07) is 16.2. The maximum Gasteiger partial charge on any atom is 0.291 e. The number of halogens is 2. The van der Waals surface area contributed by atoms with Crippen molar-refractivity contribution in [1.29, 1.82) is 0 Å². The Hall–Kier alpha value is -3.08. The highest BCUT2D eigenvalue weighted by atomic mass is 35.5. The molecule has 5 rings (SSSR count). The van der Waals surface area contributed by atoms with E-state index >= 15 is 0 Å². The molecule has 0 spiro atoms. The molecule has 3 aromatic carbocycles. The van der Waals surface area contributed by atoms with Gasteiger partial charge in [-0.15, -0.1) is 0 Å². The Morgan fingerprint density at radius 3 is 2.27 bits per heavy atom. The summed E-state index contributed by atoms with van der Waals surface area (Å²) in [6.07, 6.45) is 0. The van der Waals surface area contributed by atoms with E-state index in [-0.39, 0.29) is 17.1 Å². The zero-order chi connectivity index (χ0) is 23.4. The number of nitrogens with zero attached hydrogens (tertiary/aromatic N) is 1. The van der Waals surface area contributed by atoms with E-state index in [0.717, 1.165) is 22.3 Å². The number of carbonyl (C=O) groups excluding carboxylic acids is 1. The van der Waals surface area contributed by atoms with Gasteiger partial charge in [-0.2, -0.15) is 0 Å². The van der Waals surface area contributed by atoms with Gasteiger partial charge in [0.2, 0.25) is 5.76 Å². The Kier molecular flexibility index (Phi) is 5.31. The van der Waals surface area contributed by atoms with Gasteiger partial charge in [0.05, 0.1) is 27.0 Å². The summed E-state index contributed by atoms with van der Waals surface area (Å²) in [5.74, 6) is -0.238. The molecule has 1 aromatic heterocycles. The molecule has 166 valence electrons. The number of carbonyl (C=O) groups is 1. The predicted octanol–water partition coefficient (Wildman–Crippen LogP) is 6.77. The van der Waals surface area contributed by atoms with Gasteiger partial charge in [0.15, 0.2) is 5.43 Å². The highest BCUT2D eigenvalue weighted by molar-refractivity contribution is 6.42. The Morgan fingerprint density at radius 1 is 0.879 bits per heavy atom. The molecular weight excluding hydrogens is 457 g/mol. The lowest BCUT2D eigenvalue weighted by molar-refractivity contribution is 0.0714. The van der Waals surface area contributed by atoms with E-state index in [2.05, 4.69) is 0 Å². The quantitative estimate of drug-likeness (QED) is 0.327. The lowest BCUT2D eigenvalue weighted by atomic mass is 9.97. The van der Waals surface area contributed by atoms with Gasteiger partial charge < -0.3 is 9.32 Å². The second-order valence-corrected chi connectivity index (χ2v) is 9.42. The Morgan fingerprint density at radius 2 is 1.58 bits per heavy atom. The number of benzene rings is 3. The van der Waals surface area contributed by atoms with Crippen LogP contribution >= 0.6 is 23.2 Å². The van der Waals surface area contributed by atoms with Gasteiger partial charge in [0.25, 0.3) is 5.91 Å². The molecule has 0 radical (unpaired) electrons. The van der Waals surface area contributed by atoms with Gasteiger partial charge >= 0.3 is 0 Å². The highest BCUT2D eigenvalue weighted by Crippen LogP contribution is 2.40. The first-order valence-corrected chi connectivity index (χ1v) is 11.4. The average Bonchev–Trinajstić information content (AvgIpc) is 3.05. The van der Waals surface area contributed by atoms with Gasteiger partial charge in [-0.25, -0.2) is 0 Å². The number of rotatable bonds is 3. The molecule has 6 heteroatoms. The number of hydrogen-bond donors (Lipinski definition) is 0. The molecule has 4 nitrogen and oxygen atoms in total. The van der Waals surface area contributed by atoms with Crippen LogP contribution in [0.25, 0.3) is 11.0 Å². The summed E-state index contributed by atoms with van der Waals surface area (Å²) in [4.78, 5) is 29.0. The standard InChI is InChI=1S/C27H21Cl2NO3/c1-14-4-6-17(7-5-14)13-30-24(18-8-9-20(28)21(29)12-18)23-25(31)19-10-15(2)16(3)11-22(19)33-26(23)27(30)32/h4-12,24H,13H2,1-3H3. The number of aryl methyl sites for hydroxylation is 3. The molecule has 1 aliphatic rings. The second kappa shape index (κ2) is 8.05. The SMILES string of the molecule is Cc1ccc(CN2C(=O)c3oc4cc(C)c(C)cc4c(=O)c3C2c2ccc(Cl)c(Cl)c2)cc1. The zero-order valence-corrected chi connectivity index (χ0v) is 19.9. The van der Waals surface area contributed by atoms with Crippen molar-refractivity contribution in [3.05, 3.63) is 114 Å². The van der Waals surface area contributed by atoms with Crippen LogP contribution in [0, 0.1) is 20.8 Å². The molecule has 1 aliphatic heterocycles. The summed E-state index contributed by atoms with van der Waals surface area (Å²) >= 11 is 12.5. The van der Waals surface area contributed by atoms with Crippen LogP contribution in [-0.2, 0) is 6.54 Å². The van der Waals surface area contributed by atoms with Crippen molar-refractivity contribution in [3.63, 3.8) is 0 Å². The fourth-order valence-electron chi connectivity index (χ4n) is 4.36. The Labute approximate surface area is 201 Å². The van der Waals surface area contributed by atoms with E-state index in [1.54, 1.807) is 23.1 Å². The monoisotopic (exact) mass is 477 g/mol. The third kappa shape index (κ3) is 3.64. The number of hydrogen-bond acceptors (Lipinski definition) is 3. The molecule has 2 heterocycles. The van der Waals surface area contributed by atoms with Crippen molar-refractivity contribution in [3.8, 4) is 0 Å². The third-order valence-electron chi connectivity index (χ3n) is 6.31.